The summed E-state index contributed by atoms with van der Waals surface area (Å²) >= 11 is 0. The highest BCUT2D eigenvalue weighted by Crippen LogP contribution is 1.98. The van der Waals surface area contributed by atoms with Gasteiger partial charge in [0.1, 0.15) is 0 Å². The van der Waals surface area contributed by atoms with E-state index < -0.39 is 0 Å². The molecule has 84 valence electrons. The van der Waals surface area contributed by atoms with Crippen molar-refractivity contribution in [2.24, 2.45) is 5.92 Å². The van der Waals surface area contributed by atoms with E-state index in [1.165, 1.54) is 0 Å². The van der Waals surface area contributed by atoms with Crippen molar-refractivity contribution < 1.29 is 4.74 Å². The van der Waals surface area contributed by atoms with E-state index in [2.05, 4.69) is 31.0 Å². The molecule has 0 amide bonds. The molecule has 1 heterocycles. The zero-order valence-electron chi connectivity index (χ0n) is 9.75. The van der Waals surface area contributed by atoms with E-state index in [0.29, 0.717) is 12.0 Å². The Morgan fingerprint density at radius 3 is 2.93 bits per heavy atom. The Morgan fingerprint density at radius 2 is 2.29 bits per heavy atom. The minimum atomic E-state index is 0.633. The molecule has 1 fully saturated rings. The van der Waals surface area contributed by atoms with Crippen molar-refractivity contribution in [2.75, 3.05) is 39.4 Å². The van der Waals surface area contributed by atoms with Gasteiger partial charge in [-0.1, -0.05) is 13.8 Å². The number of rotatable bonds is 5. The second kappa shape index (κ2) is 6.38. The second-order valence-electron chi connectivity index (χ2n) is 4.62. The number of ether oxygens (including phenoxy) is 1. The van der Waals surface area contributed by atoms with Gasteiger partial charge >= 0.3 is 0 Å². The molecule has 1 aliphatic rings. The van der Waals surface area contributed by atoms with Crippen LogP contribution in [0.15, 0.2) is 0 Å². The Kier molecular flexibility index (Phi) is 5.45. The molecule has 3 heteroatoms. The molecule has 3 nitrogen and oxygen atoms in total. The monoisotopic (exact) mass is 200 g/mol. The summed E-state index contributed by atoms with van der Waals surface area (Å²) in [5.41, 5.74) is 0. The lowest BCUT2D eigenvalue weighted by Gasteiger charge is -2.31. The van der Waals surface area contributed by atoms with Gasteiger partial charge in [-0.2, -0.15) is 0 Å². The number of hydrogen-bond donors (Lipinski definition) is 1. The average molecular weight is 200 g/mol. The van der Waals surface area contributed by atoms with Crippen LogP contribution in [0.3, 0.4) is 0 Å². The van der Waals surface area contributed by atoms with Gasteiger partial charge in [-0.25, -0.2) is 0 Å². The van der Waals surface area contributed by atoms with Crippen LogP contribution in [0.5, 0.6) is 0 Å². The van der Waals surface area contributed by atoms with Crippen molar-refractivity contribution in [3.05, 3.63) is 0 Å². The van der Waals surface area contributed by atoms with Crippen molar-refractivity contribution in [3.8, 4) is 0 Å². The van der Waals surface area contributed by atoms with Crippen LogP contribution in [0.1, 0.15) is 20.8 Å². The van der Waals surface area contributed by atoms with Gasteiger partial charge in [-0.05, 0) is 12.8 Å². The lowest BCUT2D eigenvalue weighted by molar-refractivity contribution is 0.0775. The summed E-state index contributed by atoms with van der Waals surface area (Å²) in [5, 5.41) is 3.44. The molecule has 1 saturated heterocycles. The highest BCUT2D eigenvalue weighted by atomic mass is 16.5. The Bertz CT molecular complexity index is 150. The Morgan fingerprint density at radius 1 is 1.50 bits per heavy atom. The third kappa shape index (κ3) is 4.94. The molecule has 0 aliphatic carbocycles. The normalized spacial score (nSPS) is 24.4. The molecule has 0 aromatic heterocycles. The third-order valence-corrected chi connectivity index (χ3v) is 2.46. The first kappa shape index (κ1) is 12.0. The van der Waals surface area contributed by atoms with Gasteiger partial charge in [-0.15, -0.1) is 0 Å². The zero-order valence-corrected chi connectivity index (χ0v) is 9.75. The molecule has 14 heavy (non-hydrogen) atoms. The lowest BCUT2D eigenvalue weighted by Crippen LogP contribution is -2.49. The van der Waals surface area contributed by atoms with Crippen LogP contribution in [0.2, 0.25) is 0 Å². The summed E-state index contributed by atoms with van der Waals surface area (Å²) < 4.78 is 5.57. The van der Waals surface area contributed by atoms with Gasteiger partial charge in [0.2, 0.25) is 0 Å². The van der Waals surface area contributed by atoms with E-state index in [4.69, 9.17) is 4.74 Å². The predicted molar refractivity (Wildman–Crippen MR) is 59.6 cm³/mol. The summed E-state index contributed by atoms with van der Waals surface area (Å²) in [6, 6.07) is 0.633. The first-order valence-corrected chi connectivity index (χ1v) is 5.72. The highest BCUT2D eigenvalue weighted by Gasteiger charge is 2.14. The van der Waals surface area contributed by atoms with E-state index in [-0.39, 0.29) is 0 Å². The minimum Gasteiger partial charge on any atom is -0.380 e. The standard InChI is InChI=1S/C11H24N2O/c1-10(2)9-14-7-6-13-5-4-12-11(3)8-13/h10-12H,4-9H2,1-3H3/t11-/m1/s1. The molecule has 0 saturated carbocycles. The van der Waals surface area contributed by atoms with E-state index in [1.807, 2.05) is 0 Å². The Labute approximate surface area is 87.8 Å². The van der Waals surface area contributed by atoms with Crippen LogP contribution in [0.4, 0.5) is 0 Å². The molecular formula is C11H24N2O. The van der Waals surface area contributed by atoms with Crippen LogP contribution >= 0.6 is 0 Å². The predicted octanol–water partition coefficient (Wildman–Crippen LogP) is 0.953. The van der Waals surface area contributed by atoms with Crippen LogP contribution < -0.4 is 5.32 Å². The van der Waals surface area contributed by atoms with Crippen LogP contribution in [-0.4, -0.2) is 50.3 Å². The maximum absolute atomic E-state index is 5.57. The zero-order chi connectivity index (χ0) is 10.4. The summed E-state index contributed by atoms with van der Waals surface area (Å²) in [6.07, 6.45) is 0. The molecule has 0 radical (unpaired) electrons. The van der Waals surface area contributed by atoms with Gasteiger partial charge in [0.05, 0.1) is 6.61 Å². The van der Waals surface area contributed by atoms with Crippen molar-refractivity contribution >= 4 is 0 Å². The van der Waals surface area contributed by atoms with Gasteiger partial charge in [0.25, 0.3) is 0 Å². The maximum atomic E-state index is 5.57. The highest BCUT2D eigenvalue weighted by molar-refractivity contribution is 4.74. The van der Waals surface area contributed by atoms with Gasteiger partial charge in [0, 0.05) is 38.8 Å². The fraction of sp³-hybridized carbons (Fsp3) is 1.00. The first-order chi connectivity index (χ1) is 6.68. The Hall–Kier alpha value is -0.120. The number of piperazine rings is 1. The third-order valence-electron chi connectivity index (χ3n) is 2.46. The molecule has 0 aromatic rings. The van der Waals surface area contributed by atoms with Crippen LogP contribution in [0.25, 0.3) is 0 Å². The van der Waals surface area contributed by atoms with E-state index in [9.17, 15) is 0 Å². The van der Waals surface area contributed by atoms with Crippen LogP contribution in [-0.2, 0) is 4.74 Å². The fourth-order valence-corrected chi connectivity index (χ4v) is 1.73. The topological polar surface area (TPSA) is 24.5 Å². The van der Waals surface area contributed by atoms with E-state index >= 15 is 0 Å². The number of nitrogens with zero attached hydrogens (tertiary/aromatic N) is 1. The van der Waals surface area contributed by atoms with Crippen molar-refractivity contribution in [2.45, 2.75) is 26.8 Å². The maximum Gasteiger partial charge on any atom is 0.0593 e. The molecule has 1 atom stereocenters. The molecule has 1 aliphatic heterocycles. The van der Waals surface area contributed by atoms with Crippen molar-refractivity contribution in [1.82, 2.24) is 10.2 Å². The van der Waals surface area contributed by atoms with Crippen molar-refractivity contribution in [1.29, 1.82) is 0 Å². The second-order valence-corrected chi connectivity index (χ2v) is 4.62. The molecule has 0 aromatic carbocycles. The van der Waals surface area contributed by atoms with E-state index in [0.717, 1.165) is 39.4 Å². The van der Waals surface area contributed by atoms with Gasteiger partial charge in [0.15, 0.2) is 0 Å². The minimum absolute atomic E-state index is 0.633. The quantitative estimate of drug-likeness (QED) is 0.669. The Balaban J connectivity index is 2.00. The molecule has 1 rings (SSSR count). The molecule has 0 spiro atoms. The summed E-state index contributed by atoms with van der Waals surface area (Å²) in [5.74, 6) is 0.650. The molecular weight excluding hydrogens is 176 g/mol. The summed E-state index contributed by atoms with van der Waals surface area (Å²) in [7, 11) is 0. The van der Waals surface area contributed by atoms with Gasteiger partial charge < -0.3 is 10.1 Å². The lowest BCUT2D eigenvalue weighted by atomic mass is 10.2. The van der Waals surface area contributed by atoms with Crippen molar-refractivity contribution in [3.63, 3.8) is 0 Å². The van der Waals surface area contributed by atoms with Crippen LogP contribution in [0, 0.1) is 5.92 Å². The summed E-state index contributed by atoms with van der Waals surface area (Å²) in [4.78, 5) is 2.47. The first-order valence-electron chi connectivity index (χ1n) is 5.72. The SMILES string of the molecule is CC(C)COCCN1CCN[C@H](C)C1. The summed E-state index contributed by atoms with van der Waals surface area (Å²) in [6.45, 7) is 12.9. The number of hydrogen-bond acceptors (Lipinski definition) is 3. The van der Waals surface area contributed by atoms with E-state index in [1.54, 1.807) is 0 Å². The molecule has 1 N–H and O–H groups in total. The largest absolute Gasteiger partial charge is 0.380 e. The molecule has 0 bridgehead atoms. The molecule has 0 unspecified atom stereocenters. The fourth-order valence-electron chi connectivity index (χ4n) is 1.73. The number of nitrogens with one attached hydrogen (secondary N) is 1. The average Bonchev–Trinajstić information content (AvgIpc) is 2.12. The smallest absolute Gasteiger partial charge is 0.0593 e. The van der Waals surface area contributed by atoms with Gasteiger partial charge in [-0.3, -0.25) is 4.90 Å².